The van der Waals surface area contributed by atoms with Crippen LogP contribution in [0.2, 0.25) is 0 Å². The maximum absolute atomic E-state index is 13.6. The van der Waals surface area contributed by atoms with Gasteiger partial charge < -0.3 is 10.1 Å². The molecule has 0 spiro atoms. The molecule has 0 saturated carbocycles. The summed E-state index contributed by atoms with van der Waals surface area (Å²) >= 11 is 0. The Morgan fingerprint density at radius 1 is 1.15 bits per heavy atom. The molecule has 2 aromatic rings. The Bertz CT molecular complexity index is 806. The predicted molar refractivity (Wildman–Crippen MR) is 102 cm³/mol. The van der Waals surface area contributed by atoms with Crippen LogP contribution in [0.25, 0.3) is 0 Å². The smallest absolute Gasteiger partial charge is 0.252 e. The molecule has 1 unspecified atom stereocenters. The van der Waals surface area contributed by atoms with E-state index in [1.165, 1.54) is 31.3 Å². The molecule has 0 aliphatic carbocycles. The summed E-state index contributed by atoms with van der Waals surface area (Å²) in [6.07, 6.45) is 2.39. The third kappa shape index (κ3) is 6.22. The molecule has 0 fully saturated rings. The van der Waals surface area contributed by atoms with Crippen molar-refractivity contribution in [2.45, 2.75) is 20.3 Å². The highest BCUT2D eigenvalue weighted by Crippen LogP contribution is 2.14. The van der Waals surface area contributed by atoms with Crippen molar-refractivity contribution < 1.29 is 18.7 Å². The average Bonchev–Trinajstić information content (AvgIpc) is 2.68. The molecule has 0 aliphatic heterocycles. The van der Waals surface area contributed by atoms with Crippen LogP contribution in [0, 0.1) is 11.7 Å². The van der Waals surface area contributed by atoms with E-state index < -0.39 is 23.5 Å². The van der Waals surface area contributed by atoms with Crippen molar-refractivity contribution in [2.24, 2.45) is 11.0 Å². The van der Waals surface area contributed by atoms with Crippen LogP contribution in [0.5, 0.6) is 5.75 Å². The summed E-state index contributed by atoms with van der Waals surface area (Å²) in [5.74, 6) is -2.06. The number of para-hydroxylation sites is 1. The van der Waals surface area contributed by atoms with Gasteiger partial charge in [-0.3, -0.25) is 9.59 Å². The van der Waals surface area contributed by atoms with Gasteiger partial charge in [0.05, 0.1) is 18.5 Å². The summed E-state index contributed by atoms with van der Waals surface area (Å²) in [6.45, 7) is 4.10. The average molecular weight is 371 g/mol. The maximum atomic E-state index is 13.6. The number of benzene rings is 2. The molecule has 0 bridgehead atoms. The lowest BCUT2D eigenvalue weighted by molar-refractivity contribution is -0.131. The Balaban J connectivity index is 1.85. The van der Waals surface area contributed by atoms with Gasteiger partial charge in [-0.2, -0.15) is 5.10 Å². The summed E-state index contributed by atoms with van der Waals surface area (Å²) in [5, 5.41) is 6.22. The first-order valence-corrected chi connectivity index (χ1v) is 8.62. The number of nitrogens with one attached hydrogen (secondary N) is 2. The van der Waals surface area contributed by atoms with E-state index in [0.29, 0.717) is 6.61 Å². The van der Waals surface area contributed by atoms with Gasteiger partial charge >= 0.3 is 0 Å². The van der Waals surface area contributed by atoms with Gasteiger partial charge in [-0.15, -0.1) is 0 Å². The first-order chi connectivity index (χ1) is 13.0. The van der Waals surface area contributed by atoms with E-state index in [0.717, 1.165) is 17.7 Å². The lowest BCUT2D eigenvalue weighted by Crippen LogP contribution is -2.34. The number of carbonyl (C=O) groups is 2. The summed E-state index contributed by atoms with van der Waals surface area (Å²) < 4.78 is 19.0. The predicted octanol–water partition coefficient (Wildman–Crippen LogP) is 3.34. The van der Waals surface area contributed by atoms with Crippen molar-refractivity contribution in [1.82, 2.24) is 5.43 Å². The second-order valence-electron chi connectivity index (χ2n) is 5.84. The number of rotatable bonds is 8. The fourth-order valence-corrected chi connectivity index (χ4v) is 2.06. The molecular formula is C20H22FN3O3. The lowest BCUT2D eigenvalue weighted by Gasteiger charge is -2.11. The lowest BCUT2D eigenvalue weighted by atomic mass is 10.1. The summed E-state index contributed by atoms with van der Waals surface area (Å²) in [4.78, 5) is 24.1. The second kappa shape index (κ2) is 10.1. The molecule has 2 rings (SSSR count). The molecule has 0 heterocycles. The summed E-state index contributed by atoms with van der Waals surface area (Å²) in [6, 6.07) is 13.0. The van der Waals surface area contributed by atoms with Gasteiger partial charge in [0, 0.05) is 0 Å². The Morgan fingerprint density at radius 3 is 2.52 bits per heavy atom. The normalized spacial score (nSPS) is 11.8. The molecule has 6 nitrogen and oxygen atoms in total. The fraction of sp³-hybridized carbons (Fsp3) is 0.250. The third-order valence-corrected chi connectivity index (χ3v) is 3.66. The number of anilines is 1. The maximum Gasteiger partial charge on any atom is 0.252 e. The zero-order chi connectivity index (χ0) is 19.6. The Kier molecular flexibility index (Phi) is 7.49. The van der Waals surface area contributed by atoms with E-state index in [1.807, 2.05) is 19.1 Å². The first kappa shape index (κ1) is 20.1. The zero-order valence-electron chi connectivity index (χ0n) is 15.2. The first-order valence-electron chi connectivity index (χ1n) is 8.62. The van der Waals surface area contributed by atoms with Crippen molar-refractivity contribution in [1.29, 1.82) is 0 Å². The van der Waals surface area contributed by atoms with E-state index in [1.54, 1.807) is 18.2 Å². The van der Waals surface area contributed by atoms with Gasteiger partial charge in [-0.05, 0) is 55.3 Å². The van der Waals surface area contributed by atoms with Crippen molar-refractivity contribution in [3.05, 3.63) is 59.9 Å². The molecular weight excluding hydrogens is 349 g/mol. The number of hydrogen-bond acceptors (Lipinski definition) is 4. The Hall–Kier alpha value is -3.22. The van der Waals surface area contributed by atoms with E-state index in [4.69, 9.17) is 4.74 Å². The van der Waals surface area contributed by atoms with Crippen molar-refractivity contribution >= 4 is 23.7 Å². The molecule has 0 aromatic heterocycles. The molecule has 27 heavy (non-hydrogen) atoms. The van der Waals surface area contributed by atoms with Crippen LogP contribution in [0.4, 0.5) is 10.1 Å². The number of hydrazone groups is 1. The van der Waals surface area contributed by atoms with E-state index in [2.05, 4.69) is 15.8 Å². The molecule has 2 aromatic carbocycles. The molecule has 0 radical (unpaired) electrons. The minimum Gasteiger partial charge on any atom is -0.494 e. The monoisotopic (exact) mass is 371 g/mol. The SMILES string of the molecule is CCCOc1ccc(C=NNC(=O)C(C)C(=O)Nc2ccccc2F)cc1. The topological polar surface area (TPSA) is 79.8 Å². The largest absolute Gasteiger partial charge is 0.494 e. The van der Waals surface area contributed by atoms with Crippen molar-refractivity contribution in [3.8, 4) is 5.75 Å². The van der Waals surface area contributed by atoms with Gasteiger partial charge in [-0.25, -0.2) is 9.82 Å². The van der Waals surface area contributed by atoms with Gasteiger partial charge in [0.2, 0.25) is 5.91 Å². The molecule has 1 atom stereocenters. The van der Waals surface area contributed by atoms with Crippen LogP contribution in [0.3, 0.4) is 0 Å². The highest BCUT2D eigenvalue weighted by molar-refractivity contribution is 6.06. The minimum absolute atomic E-state index is 0.0241. The van der Waals surface area contributed by atoms with Gasteiger partial charge in [0.25, 0.3) is 5.91 Å². The van der Waals surface area contributed by atoms with E-state index >= 15 is 0 Å². The molecule has 0 saturated heterocycles. The highest BCUT2D eigenvalue weighted by Gasteiger charge is 2.22. The van der Waals surface area contributed by atoms with Crippen LogP contribution in [-0.4, -0.2) is 24.6 Å². The van der Waals surface area contributed by atoms with Crippen LogP contribution >= 0.6 is 0 Å². The molecule has 142 valence electrons. The number of hydrogen-bond donors (Lipinski definition) is 2. The van der Waals surface area contributed by atoms with Crippen molar-refractivity contribution in [2.75, 3.05) is 11.9 Å². The zero-order valence-corrected chi connectivity index (χ0v) is 15.2. The fourth-order valence-electron chi connectivity index (χ4n) is 2.06. The standard InChI is InChI=1S/C20H22FN3O3/c1-3-12-27-16-10-8-15(9-11-16)13-22-24-20(26)14(2)19(25)23-18-7-5-4-6-17(18)21/h4-11,13-14H,3,12H2,1-2H3,(H,23,25)(H,24,26). The minimum atomic E-state index is -1.04. The van der Waals surface area contributed by atoms with E-state index in [9.17, 15) is 14.0 Å². The van der Waals surface area contributed by atoms with E-state index in [-0.39, 0.29) is 5.69 Å². The number of nitrogens with zero attached hydrogens (tertiary/aromatic N) is 1. The number of halogens is 1. The Labute approximate surface area is 157 Å². The number of ether oxygens (including phenoxy) is 1. The highest BCUT2D eigenvalue weighted by atomic mass is 19.1. The summed E-state index contributed by atoms with van der Waals surface area (Å²) in [7, 11) is 0. The van der Waals surface area contributed by atoms with Crippen LogP contribution < -0.4 is 15.5 Å². The molecule has 7 heteroatoms. The Morgan fingerprint density at radius 2 is 1.85 bits per heavy atom. The van der Waals surface area contributed by atoms with Crippen molar-refractivity contribution in [3.63, 3.8) is 0 Å². The van der Waals surface area contributed by atoms with Gasteiger partial charge in [0.1, 0.15) is 17.5 Å². The van der Waals surface area contributed by atoms with Gasteiger partial charge in [0.15, 0.2) is 0 Å². The van der Waals surface area contributed by atoms with Crippen LogP contribution in [0.1, 0.15) is 25.8 Å². The third-order valence-electron chi connectivity index (χ3n) is 3.66. The molecule has 2 amide bonds. The van der Waals surface area contributed by atoms with Crippen LogP contribution in [0.15, 0.2) is 53.6 Å². The summed E-state index contributed by atoms with van der Waals surface area (Å²) in [5.41, 5.74) is 3.10. The number of amides is 2. The molecule has 2 N–H and O–H groups in total. The number of carbonyl (C=O) groups excluding carboxylic acids is 2. The quantitative estimate of drug-likeness (QED) is 0.424. The molecule has 0 aliphatic rings. The second-order valence-corrected chi connectivity index (χ2v) is 5.84. The van der Waals surface area contributed by atoms with Crippen LogP contribution in [-0.2, 0) is 9.59 Å². The van der Waals surface area contributed by atoms with Gasteiger partial charge in [-0.1, -0.05) is 19.1 Å².